The van der Waals surface area contributed by atoms with Gasteiger partial charge in [0.2, 0.25) is 5.91 Å². The van der Waals surface area contributed by atoms with Gasteiger partial charge in [0.1, 0.15) is 11.0 Å². The van der Waals surface area contributed by atoms with Gasteiger partial charge in [-0.3, -0.25) is 10.1 Å². The molecule has 0 radical (unpaired) electrons. The van der Waals surface area contributed by atoms with Crippen molar-refractivity contribution in [2.45, 2.75) is 57.6 Å². The largest absolute Gasteiger partial charge is 0.462 e. The maximum Gasteiger partial charge on any atom is 0.341 e. The van der Waals surface area contributed by atoms with Crippen LogP contribution in [-0.4, -0.2) is 37.7 Å². The van der Waals surface area contributed by atoms with E-state index in [2.05, 4.69) is 10.6 Å². The molecule has 1 aliphatic carbocycles. The Bertz CT molecular complexity index is 906. The van der Waals surface area contributed by atoms with Crippen LogP contribution >= 0.6 is 11.3 Å². The molecule has 6 nitrogen and oxygen atoms in total. The summed E-state index contributed by atoms with van der Waals surface area (Å²) in [6, 6.07) is 9.15. The summed E-state index contributed by atoms with van der Waals surface area (Å²) in [5, 5.41) is 7.05. The Morgan fingerprint density at radius 3 is 2.74 bits per heavy atom. The average Bonchev–Trinajstić information content (AvgIpc) is 3.42. The number of aryl methyl sites for hydroxylation is 1. The summed E-state index contributed by atoms with van der Waals surface area (Å²) < 4.78 is 11.0. The summed E-state index contributed by atoms with van der Waals surface area (Å²) in [5.74, 6) is -0.519. The van der Waals surface area contributed by atoms with Crippen molar-refractivity contribution in [1.82, 2.24) is 5.32 Å². The number of rotatable bonds is 8. The zero-order valence-corrected chi connectivity index (χ0v) is 18.8. The molecule has 2 N–H and O–H groups in total. The van der Waals surface area contributed by atoms with Crippen LogP contribution in [0.1, 0.15) is 65.0 Å². The third kappa shape index (κ3) is 5.17. The van der Waals surface area contributed by atoms with Gasteiger partial charge in [0.25, 0.3) is 0 Å². The van der Waals surface area contributed by atoms with Crippen molar-refractivity contribution in [3.8, 4) is 0 Å². The molecule has 2 atom stereocenters. The van der Waals surface area contributed by atoms with E-state index in [-0.39, 0.29) is 18.0 Å². The zero-order chi connectivity index (χ0) is 21.6. The van der Waals surface area contributed by atoms with Crippen molar-refractivity contribution in [3.05, 3.63) is 51.9 Å². The molecule has 0 spiro atoms. The van der Waals surface area contributed by atoms with Crippen LogP contribution in [-0.2, 0) is 27.1 Å². The summed E-state index contributed by atoms with van der Waals surface area (Å²) >= 11 is 1.52. The summed E-state index contributed by atoms with van der Waals surface area (Å²) in [7, 11) is 0. The molecule has 0 bridgehead atoms. The fourth-order valence-electron chi connectivity index (χ4n) is 4.32. The lowest BCUT2D eigenvalue weighted by molar-refractivity contribution is -0.118. The van der Waals surface area contributed by atoms with Crippen LogP contribution in [0.4, 0.5) is 5.00 Å². The second-order valence-electron chi connectivity index (χ2n) is 8.01. The highest BCUT2D eigenvalue weighted by Crippen LogP contribution is 2.39. The SMILES string of the molecule is CCOC(=O)c1c(NC(=O)[C@@H](NC[C@@H]2CCCO2)c2ccccc2)sc2c1CCCC2. The maximum absolute atomic E-state index is 13.4. The molecule has 1 amide bonds. The van der Waals surface area contributed by atoms with Crippen molar-refractivity contribution in [2.24, 2.45) is 0 Å². The number of hydrogen-bond acceptors (Lipinski definition) is 6. The van der Waals surface area contributed by atoms with E-state index in [1.165, 1.54) is 16.2 Å². The van der Waals surface area contributed by atoms with Crippen molar-refractivity contribution in [1.29, 1.82) is 0 Å². The number of hydrogen-bond donors (Lipinski definition) is 2. The first-order chi connectivity index (χ1) is 15.2. The van der Waals surface area contributed by atoms with Crippen LogP contribution in [0, 0.1) is 0 Å². The number of amides is 1. The van der Waals surface area contributed by atoms with Gasteiger partial charge in [-0.15, -0.1) is 11.3 Å². The Hall–Kier alpha value is -2.22. The van der Waals surface area contributed by atoms with Gasteiger partial charge < -0.3 is 14.8 Å². The number of thiophene rings is 1. The van der Waals surface area contributed by atoms with Gasteiger partial charge in [0.15, 0.2) is 0 Å². The van der Waals surface area contributed by atoms with Crippen molar-refractivity contribution < 1.29 is 19.1 Å². The number of carbonyl (C=O) groups is 2. The van der Waals surface area contributed by atoms with Crippen molar-refractivity contribution >= 4 is 28.2 Å². The lowest BCUT2D eigenvalue weighted by Gasteiger charge is -2.21. The van der Waals surface area contributed by atoms with E-state index >= 15 is 0 Å². The molecular weight excluding hydrogens is 412 g/mol. The van der Waals surface area contributed by atoms with Crippen LogP contribution in [0.2, 0.25) is 0 Å². The van der Waals surface area contributed by atoms with E-state index < -0.39 is 6.04 Å². The van der Waals surface area contributed by atoms with E-state index in [0.717, 1.165) is 56.3 Å². The fraction of sp³-hybridized carbons (Fsp3) is 0.500. The topological polar surface area (TPSA) is 76.7 Å². The number of fused-ring (bicyclic) bond motifs is 1. The lowest BCUT2D eigenvalue weighted by atomic mass is 9.95. The minimum absolute atomic E-state index is 0.128. The molecule has 1 aromatic carbocycles. The predicted octanol–water partition coefficient (Wildman–Crippen LogP) is 4.25. The smallest absolute Gasteiger partial charge is 0.341 e. The molecule has 31 heavy (non-hydrogen) atoms. The number of anilines is 1. The summed E-state index contributed by atoms with van der Waals surface area (Å²) in [6.45, 7) is 3.50. The Labute approximate surface area is 187 Å². The van der Waals surface area contributed by atoms with E-state index in [1.54, 1.807) is 6.92 Å². The third-order valence-corrected chi connectivity index (χ3v) is 7.06. The molecule has 1 fully saturated rings. The van der Waals surface area contributed by atoms with Gasteiger partial charge in [-0.05, 0) is 56.6 Å². The minimum atomic E-state index is -0.528. The molecule has 2 aliphatic rings. The van der Waals surface area contributed by atoms with Gasteiger partial charge in [-0.2, -0.15) is 0 Å². The van der Waals surface area contributed by atoms with Crippen molar-refractivity contribution in [2.75, 3.05) is 25.1 Å². The third-order valence-electron chi connectivity index (χ3n) is 5.86. The first-order valence-corrected chi connectivity index (χ1v) is 12.0. The number of benzene rings is 1. The zero-order valence-electron chi connectivity index (χ0n) is 17.9. The number of nitrogens with one attached hydrogen (secondary N) is 2. The number of carbonyl (C=O) groups excluding carboxylic acids is 2. The first kappa shape index (κ1) is 22.0. The van der Waals surface area contributed by atoms with Crippen LogP contribution < -0.4 is 10.6 Å². The Kier molecular flexibility index (Phi) is 7.37. The quantitative estimate of drug-likeness (QED) is 0.598. The highest BCUT2D eigenvalue weighted by Gasteiger charge is 2.30. The van der Waals surface area contributed by atoms with Gasteiger partial charge in [-0.25, -0.2) is 4.79 Å². The van der Waals surface area contributed by atoms with Crippen LogP contribution in [0.5, 0.6) is 0 Å². The molecule has 4 rings (SSSR count). The monoisotopic (exact) mass is 442 g/mol. The Morgan fingerprint density at radius 1 is 1.19 bits per heavy atom. The molecule has 1 aromatic heterocycles. The van der Waals surface area contributed by atoms with Gasteiger partial charge >= 0.3 is 5.97 Å². The highest BCUT2D eigenvalue weighted by atomic mass is 32.1. The molecule has 0 saturated carbocycles. The molecule has 2 heterocycles. The van der Waals surface area contributed by atoms with E-state index in [4.69, 9.17) is 9.47 Å². The van der Waals surface area contributed by atoms with Gasteiger partial charge in [0.05, 0.1) is 18.3 Å². The van der Waals surface area contributed by atoms with Crippen molar-refractivity contribution in [3.63, 3.8) is 0 Å². The number of esters is 1. The summed E-state index contributed by atoms with van der Waals surface area (Å²) in [4.78, 5) is 27.3. The normalized spacial score (nSPS) is 18.9. The average molecular weight is 443 g/mol. The van der Waals surface area contributed by atoms with E-state index in [9.17, 15) is 9.59 Å². The molecular formula is C24H30N2O4S. The summed E-state index contributed by atoms with van der Waals surface area (Å²) in [6.07, 6.45) is 6.15. The maximum atomic E-state index is 13.4. The molecule has 2 aromatic rings. The first-order valence-electron chi connectivity index (χ1n) is 11.2. The standard InChI is InChI=1S/C24H30N2O4S/c1-2-29-24(28)20-18-12-6-7-13-19(18)31-23(20)26-22(27)21(16-9-4-3-5-10-16)25-15-17-11-8-14-30-17/h3-5,9-10,17,21,25H,2,6-8,11-15H2,1H3,(H,26,27)/t17-,21-/m0/s1. The highest BCUT2D eigenvalue weighted by molar-refractivity contribution is 7.17. The second-order valence-corrected chi connectivity index (χ2v) is 9.12. The molecule has 1 saturated heterocycles. The van der Waals surface area contributed by atoms with Crippen LogP contribution in [0.3, 0.4) is 0 Å². The lowest BCUT2D eigenvalue weighted by Crippen LogP contribution is -2.37. The van der Waals surface area contributed by atoms with E-state index in [1.807, 2.05) is 30.3 Å². The minimum Gasteiger partial charge on any atom is -0.462 e. The van der Waals surface area contributed by atoms with E-state index in [0.29, 0.717) is 23.7 Å². The second kappa shape index (κ2) is 10.4. The van der Waals surface area contributed by atoms with Gasteiger partial charge in [-0.1, -0.05) is 30.3 Å². The Morgan fingerprint density at radius 2 is 2.00 bits per heavy atom. The fourth-order valence-corrected chi connectivity index (χ4v) is 5.60. The van der Waals surface area contributed by atoms with Gasteiger partial charge in [0, 0.05) is 18.0 Å². The summed E-state index contributed by atoms with van der Waals surface area (Å²) in [5.41, 5.74) is 2.48. The van der Waals surface area contributed by atoms with Crippen LogP contribution in [0.25, 0.3) is 0 Å². The molecule has 166 valence electrons. The molecule has 0 unspecified atom stereocenters. The molecule has 7 heteroatoms. The number of ether oxygens (including phenoxy) is 2. The predicted molar refractivity (Wildman–Crippen MR) is 122 cm³/mol. The molecule has 1 aliphatic heterocycles. The Balaban J connectivity index is 1.57. The van der Waals surface area contributed by atoms with Crippen LogP contribution in [0.15, 0.2) is 30.3 Å².